The standard InChI is InChI=1S/C8H12N/c1-6-5-9(4)8(3)7(6)2/h1-4H3. The molecule has 1 heterocycles. The molecule has 0 saturated carbocycles. The lowest BCUT2D eigenvalue weighted by molar-refractivity contribution is 0.868. The van der Waals surface area contributed by atoms with Gasteiger partial charge in [-0.05, 0) is 31.9 Å². The van der Waals surface area contributed by atoms with Crippen molar-refractivity contribution in [3.63, 3.8) is 0 Å². The highest BCUT2D eigenvalue weighted by Gasteiger charge is 2.00. The zero-order valence-electron chi connectivity index (χ0n) is 6.45. The summed E-state index contributed by atoms with van der Waals surface area (Å²) in [5.41, 5.74) is 3.93. The van der Waals surface area contributed by atoms with Crippen molar-refractivity contribution in [2.75, 3.05) is 0 Å². The fraction of sp³-hybridized carbons (Fsp3) is 0.500. The van der Waals surface area contributed by atoms with Gasteiger partial charge in [-0.1, -0.05) is 0 Å². The van der Waals surface area contributed by atoms with Crippen LogP contribution in [0.2, 0.25) is 0 Å². The molecule has 1 aromatic heterocycles. The van der Waals surface area contributed by atoms with Crippen LogP contribution in [0.15, 0.2) is 0 Å². The van der Waals surface area contributed by atoms with E-state index < -0.39 is 0 Å². The molecule has 1 nitrogen and oxygen atoms in total. The lowest BCUT2D eigenvalue weighted by Crippen LogP contribution is -1.87. The molecule has 0 N–H and O–H groups in total. The maximum absolute atomic E-state index is 3.19. The fourth-order valence-electron chi connectivity index (χ4n) is 0.942. The fourth-order valence-corrected chi connectivity index (χ4v) is 0.942. The molecule has 9 heavy (non-hydrogen) atoms. The maximum Gasteiger partial charge on any atom is 0.0682 e. The Bertz CT molecular complexity index is 198. The molecule has 0 aliphatic heterocycles. The van der Waals surface area contributed by atoms with E-state index in [2.05, 4.69) is 27.0 Å². The largest absolute Gasteiger partial charge is 0.346 e. The average molecular weight is 122 g/mol. The van der Waals surface area contributed by atoms with Crippen molar-refractivity contribution in [2.24, 2.45) is 7.05 Å². The topological polar surface area (TPSA) is 4.93 Å². The average Bonchev–Trinajstić information content (AvgIpc) is 1.98. The molecular weight excluding hydrogens is 110 g/mol. The second kappa shape index (κ2) is 1.90. The summed E-state index contributed by atoms with van der Waals surface area (Å²) < 4.78 is 2.03. The van der Waals surface area contributed by atoms with Crippen LogP contribution in [0, 0.1) is 27.0 Å². The molecule has 1 radical (unpaired) electrons. The summed E-state index contributed by atoms with van der Waals surface area (Å²) in [6.45, 7) is 6.32. The van der Waals surface area contributed by atoms with Gasteiger partial charge in [-0.3, -0.25) is 0 Å². The Morgan fingerprint density at radius 1 is 1.22 bits per heavy atom. The maximum atomic E-state index is 3.19. The van der Waals surface area contributed by atoms with E-state index in [1.807, 2.05) is 11.6 Å². The van der Waals surface area contributed by atoms with Gasteiger partial charge in [0.05, 0.1) is 6.20 Å². The number of aryl methyl sites for hydroxylation is 2. The lowest BCUT2D eigenvalue weighted by Gasteiger charge is -1.93. The second-order valence-electron chi connectivity index (χ2n) is 2.51. The minimum atomic E-state index is 1.26. The van der Waals surface area contributed by atoms with Crippen molar-refractivity contribution >= 4 is 0 Å². The van der Waals surface area contributed by atoms with E-state index in [0.717, 1.165) is 0 Å². The van der Waals surface area contributed by atoms with E-state index >= 15 is 0 Å². The van der Waals surface area contributed by atoms with Crippen LogP contribution in [-0.4, -0.2) is 4.57 Å². The molecule has 49 valence electrons. The van der Waals surface area contributed by atoms with E-state index in [-0.39, 0.29) is 0 Å². The molecule has 0 unspecified atom stereocenters. The number of hydrogen-bond acceptors (Lipinski definition) is 0. The quantitative estimate of drug-likeness (QED) is 0.494. The van der Waals surface area contributed by atoms with E-state index in [0.29, 0.717) is 0 Å². The number of hydrogen-bond donors (Lipinski definition) is 0. The number of aromatic nitrogens is 1. The first kappa shape index (κ1) is 6.40. The van der Waals surface area contributed by atoms with Crippen molar-refractivity contribution in [1.82, 2.24) is 4.57 Å². The molecule has 0 spiro atoms. The van der Waals surface area contributed by atoms with Gasteiger partial charge < -0.3 is 4.57 Å². The molecule has 1 heteroatoms. The monoisotopic (exact) mass is 122 g/mol. The Labute approximate surface area is 56.3 Å². The van der Waals surface area contributed by atoms with E-state index in [1.54, 1.807) is 0 Å². The van der Waals surface area contributed by atoms with Gasteiger partial charge in [0.15, 0.2) is 0 Å². The molecule has 0 fully saturated rings. The lowest BCUT2D eigenvalue weighted by atomic mass is 10.2. The summed E-state index contributed by atoms with van der Waals surface area (Å²) in [7, 11) is 2.02. The first-order valence-electron chi connectivity index (χ1n) is 3.14. The summed E-state index contributed by atoms with van der Waals surface area (Å²) in [6.07, 6.45) is 3.19. The third-order valence-electron chi connectivity index (χ3n) is 1.94. The predicted molar refractivity (Wildman–Crippen MR) is 38.5 cm³/mol. The molecule has 1 aromatic rings. The predicted octanol–water partition coefficient (Wildman–Crippen LogP) is 1.75. The van der Waals surface area contributed by atoms with Crippen LogP contribution in [0.4, 0.5) is 0 Å². The SMILES string of the molecule is Cc1[c]n(C)c(C)c1C. The summed E-state index contributed by atoms with van der Waals surface area (Å²) in [5, 5.41) is 0. The molecular formula is C8H12N. The van der Waals surface area contributed by atoms with Crippen LogP contribution in [0.5, 0.6) is 0 Å². The third kappa shape index (κ3) is 0.869. The molecule has 0 atom stereocenters. The highest BCUT2D eigenvalue weighted by Crippen LogP contribution is 2.11. The van der Waals surface area contributed by atoms with E-state index in [4.69, 9.17) is 0 Å². The van der Waals surface area contributed by atoms with Crippen molar-refractivity contribution in [3.05, 3.63) is 23.0 Å². The molecule has 0 bridgehead atoms. The minimum absolute atomic E-state index is 1.26. The Morgan fingerprint density at radius 2 is 1.78 bits per heavy atom. The molecule has 0 amide bonds. The van der Waals surface area contributed by atoms with Gasteiger partial charge in [-0.2, -0.15) is 0 Å². The Kier molecular flexibility index (Phi) is 1.35. The molecule has 0 aliphatic carbocycles. The van der Waals surface area contributed by atoms with Crippen LogP contribution in [0.1, 0.15) is 16.8 Å². The number of nitrogens with zero attached hydrogens (tertiary/aromatic N) is 1. The summed E-state index contributed by atoms with van der Waals surface area (Å²) in [4.78, 5) is 0. The van der Waals surface area contributed by atoms with Gasteiger partial charge in [0.1, 0.15) is 0 Å². The van der Waals surface area contributed by atoms with Gasteiger partial charge >= 0.3 is 0 Å². The summed E-state index contributed by atoms with van der Waals surface area (Å²) in [6, 6.07) is 0. The van der Waals surface area contributed by atoms with E-state index in [1.165, 1.54) is 16.8 Å². The molecule has 0 saturated heterocycles. The molecule has 0 aliphatic rings. The zero-order chi connectivity index (χ0) is 7.02. The Hall–Kier alpha value is -0.720. The van der Waals surface area contributed by atoms with Gasteiger partial charge in [-0.15, -0.1) is 0 Å². The van der Waals surface area contributed by atoms with Crippen LogP contribution < -0.4 is 0 Å². The molecule has 0 aromatic carbocycles. The summed E-state index contributed by atoms with van der Waals surface area (Å²) >= 11 is 0. The van der Waals surface area contributed by atoms with Crippen LogP contribution >= 0.6 is 0 Å². The number of rotatable bonds is 0. The highest BCUT2D eigenvalue weighted by atomic mass is 14.9. The van der Waals surface area contributed by atoms with Gasteiger partial charge in [0.2, 0.25) is 0 Å². The van der Waals surface area contributed by atoms with Crippen LogP contribution in [0.3, 0.4) is 0 Å². The minimum Gasteiger partial charge on any atom is -0.346 e. The van der Waals surface area contributed by atoms with Gasteiger partial charge in [0.25, 0.3) is 0 Å². The van der Waals surface area contributed by atoms with Crippen molar-refractivity contribution in [3.8, 4) is 0 Å². The van der Waals surface area contributed by atoms with E-state index in [9.17, 15) is 0 Å². The van der Waals surface area contributed by atoms with Gasteiger partial charge in [-0.25, -0.2) is 0 Å². The normalized spacial score (nSPS) is 10.2. The van der Waals surface area contributed by atoms with Crippen molar-refractivity contribution in [1.29, 1.82) is 0 Å². The zero-order valence-corrected chi connectivity index (χ0v) is 6.45. The first-order chi connectivity index (χ1) is 4.13. The highest BCUT2D eigenvalue weighted by molar-refractivity contribution is 5.27. The Balaban J connectivity index is 3.29. The first-order valence-corrected chi connectivity index (χ1v) is 3.14. The van der Waals surface area contributed by atoms with Crippen LogP contribution in [0.25, 0.3) is 0 Å². The Morgan fingerprint density at radius 3 is 1.89 bits per heavy atom. The second-order valence-corrected chi connectivity index (χ2v) is 2.51. The van der Waals surface area contributed by atoms with Crippen molar-refractivity contribution < 1.29 is 0 Å². The molecule has 1 rings (SSSR count). The summed E-state index contributed by atoms with van der Waals surface area (Å²) in [5.74, 6) is 0. The smallest absolute Gasteiger partial charge is 0.0682 e. The van der Waals surface area contributed by atoms with Crippen molar-refractivity contribution in [2.45, 2.75) is 20.8 Å². The third-order valence-corrected chi connectivity index (χ3v) is 1.94. The van der Waals surface area contributed by atoms with Crippen LogP contribution in [-0.2, 0) is 7.05 Å². The van der Waals surface area contributed by atoms with Gasteiger partial charge in [0, 0.05) is 12.7 Å².